The van der Waals surface area contributed by atoms with Gasteiger partial charge in [-0.15, -0.1) is 6.42 Å². The highest BCUT2D eigenvalue weighted by Crippen LogP contribution is 2.21. The van der Waals surface area contributed by atoms with Gasteiger partial charge in [-0.1, -0.05) is 40.4 Å². The van der Waals surface area contributed by atoms with Crippen molar-refractivity contribution in [3.8, 4) is 12.3 Å². The van der Waals surface area contributed by atoms with Crippen molar-refractivity contribution in [2.45, 2.75) is 19.4 Å². The van der Waals surface area contributed by atoms with Gasteiger partial charge in [-0.2, -0.15) is 0 Å². The Morgan fingerprint density at radius 3 is 2.88 bits per heavy atom. The largest absolute Gasteiger partial charge is 0.338 e. The molecule has 1 aromatic carbocycles. The van der Waals surface area contributed by atoms with Crippen molar-refractivity contribution in [2.75, 3.05) is 0 Å². The third-order valence-electron chi connectivity index (χ3n) is 2.09. The van der Waals surface area contributed by atoms with Crippen LogP contribution in [0.25, 0.3) is 0 Å². The summed E-state index contributed by atoms with van der Waals surface area (Å²) >= 11 is 9.23. The number of nitrogens with one attached hydrogen (secondary N) is 1. The third-order valence-corrected chi connectivity index (χ3v) is 2.90. The van der Waals surface area contributed by atoms with Crippen LogP contribution in [0.1, 0.15) is 23.7 Å². The highest BCUT2D eigenvalue weighted by molar-refractivity contribution is 9.10. The first-order chi connectivity index (χ1) is 7.58. The van der Waals surface area contributed by atoms with Crippen molar-refractivity contribution in [1.82, 2.24) is 5.32 Å². The molecule has 1 aromatic rings. The van der Waals surface area contributed by atoms with Gasteiger partial charge in [0.1, 0.15) is 0 Å². The lowest BCUT2D eigenvalue weighted by molar-refractivity contribution is 0.0945. The van der Waals surface area contributed by atoms with E-state index in [4.69, 9.17) is 18.0 Å². The molecule has 4 heteroatoms. The van der Waals surface area contributed by atoms with E-state index < -0.39 is 0 Å². The molecule has 0 radical (unpaired) electrons. The quantitative estimate of drug-likeness (QED) is 0.853. The zero-order chi connectivity index (χ0) is 12.1. The molecule has 0 bridgehead atoms. The molecule has 0 fully saturated rings. The molecule has 2 nitrogen and oxygen atoms in total. The van der Waals surface area contributed by atoms with Gasteiger partial charge in [-0.05, 0) is 24.6 Å². The molecular formula is C12H11BrClNO. The average Bonchev–Trinajstić information content (AvgIpc) is 2.25. The van der Waals surface area contributed by atoms with E-state index in [9.17, 15) is 4.79 Å². The Balaban J connectivity index is 2.85. The van der Waals surface area contributed by atoms with Crippen LogP contribution < -0.4 is 5.32 Å². The van der Waals surface area contributed by atoms with Crippen LogP contribution in [0.3, 0.4) is 0 Å². The molecule has 1 rings (SSSR count). The van der Waals surface area contributed by atoms with Gasteiger partial charge in [0.25, 0.3) is 5.91 Å². The number of hydrogen-bond acceptors (Lipinski definition) is 1. The number of benzene rings is 1. The van der Waals surface area contributed by atoms with Crippen LogP contribution in [0.15, 0.2) is 22.7 Å². The fraction of sp³-hybridized carbons (Fsp3) is 0.250. The van der Waals surface area contributed by atoms with Gasteiger partial charge < -0.3 is 5.32 Å². The summed E-state index contributed by atoms with van der Waals surface area (Å²) in [6.07, 6.45) is 5.96. The molecule has 1 atom stereocenters. The first-order valence-electron chi connectivity index (χ1n) is 4.80. The van der Waals surface area contributed by atoms with E-state index in [1.807, 2.05) is 6.92 Å². The Kier molecular flexibility index (Phi) is 4.85. The van der Waals surface area contributed by atoms with Crippen LogP contribution in [0.5, 0.6) is 0 Å². The van der Waals surface area contributed by atoms with Gasteiger partial charge in [0.15, 0.2) is 0 Å². The summed E-state index contributed by atoms with van der Waals surface area (Å²) in [5, 5.41) is 3.12. The maximum atomic E-state index is 11.8. The van der Waals surface area contributed by atoms with Crippen LogP contribution in [-0.2, 0) is 0 Å². The summed E-state index contributed by atoms with van der Waals surface area (Å²) in [7, 11) is 0. The highest BCUT2D eigenvalue weighted by Gasteiger charge is 2.13. The van der Waals surface area contributed by atoms with Crippen LogP contribution in [0.2, 0.25) is 5.02 Å². The smallest absolute Gasteiger partial charge is 0.253 e. The molecule has 1 unspecified atom stereocenters. The maximum Gasteiger partial charge on any atom is 0.253 e. The number of carbonyl (C=O) groups excluding carboxylic acids is 1. The molecular weight excluding hydrogens is 289 g/mol. The van der Waals surface area contributed by atoms with Gasteiger partial charge in [0.05, 0.1) is 16.6 Å². The summed E-state index contributed by atoms with van der Waals surface area (Å²) in [4.78, 5) is 11.8. The summed E-state index contributed by atoms with van der Waals surface area (Å²) < 4.78 is 0.832. The first-order valence-corrected chi connectivity index (χ1v) is 5.97. The van der Waals surface area contributed by atoms with Crippen LogP contribution >= 0.6 is 27.5 Å². The van der Waals surface area contributed by atoms with Gasteiger partial charge in [-0.3, -0.25) is 4.79 Å². The summed E-state index contributed by atoms with van der Waals surface area (Å²) in [5.74, 6) is 2.25. The van der Waals surface area contributed by atoms with Gasteiger partial charge in [-0.25, -0.2) is 0 Å². The minimum Gasteiger partial charge on any atom is -0.338 e. The lowest BCUT2D eigenvalue weighted by atomic mass is 10.2. The topological polar surface area (TPSA) is 29.1 Å². The van der Waals surface area contributed by atoms with E-state index in [0.29, 0.717) is 17.0 Å². The van der Waals surface area contributed by atoms with Crippen molar-refractivity contribution >= 4 is 33.4 Å². The molecule has 84 valence electrons. The Bertz CT molecular complexity index is 439. The van der Waals surface area contributed by atoms with Crippen molar-refractivity contribution in [3.05, 3.63) is 33.3 Å². The molecule has 1 amide bonds. The van der Waals surface area contributed by atoms with E-state index in [2.05, 4.69) is 27.2 Å². The number of rotatable bonds is 3. The second kappa shape index (κ2) is 5.93. The molecule has 0 aliphatic rings. The fourth-order valence-electron chi connectivity index (χ4n) is 1.17. The monoisotopic (exact) mass is 299 g/mol. The predicted molar refractivity (Wildman–Crippen MR) is 69.5 cm³/mol. The zero-order valence-electron chi connectivity index (χ0n) is 8.76. The SMILES string of the molecule is C#CC(CC)NC(=O)c1ccc(Br)cc1Cl. The Morgan fingerprint density at radius 1 is 1.69 bits per heavy atom. The Morgan fingerprint density at radius 2 is 2.38 bits per heavy atom. The maximum absolute atomic E-state index is 11.8. The lowest BCUT2D eigenvalue weighted by Crippen LogP contribution is -2.33. The molecule has 0 saturated carbocycles. The van der Waals surface area contributed by atoms with Crippen molar-refractivity contribution in [2.24, 2.45) is 0 Å². The van der Waals surface area contributed by atoms with Crippen molar-refractivity contribution < 1.29 is 4.79 Å². The molecule has 1 N–H and O–H groups in total. The molecule has 0 aromatic heterocycles. The third kappa shape index (κ3) is 3.26. The molecule has 0 saturated heterocycles. The number of carbonyl (C=O) groups is 1. The number of halogens is 2. The number of hydrogen-bond donors (Lipinski definition) is 1. The van der Waals surface area contributed by atoms with Crippen LogP contribution in [0, 0.1) is 12.3 Å². The van der Waals surface area contributed by atoms with Gasteiger partial charge in [0.2, 0.25) is 0 Å². The van der Waals surface area contributed by atoms with E-state index in [1.54, 1.807) is 18.2 Å². The van der Waals surface area contributed by atoms with E-state index >= 15 is 0 Å². The summed E-state index contributed by atoms with van der Waals surface area (Å²) in [6.45, 7) is 1.91. The minimum atomic E-state index is -0.257. The molecule has 0 spiro atoms. The fourth-order valence-corrected chi connectivity index (χ4v) is 1.93. The highest BCUT2D eigenvalue weighted by atomic mass is 79.9. The molecule has 0 heterocycles. The standard InChI is InChI=1S/C12H11BrClNO/c1-3-9(4-2)15-12(16)10-6-5-8(13)7-11(10)14/h1,5-7,9H,4H2,2H3,(H,15,16). The van der Waals surface area contributed by atoms with E-state index in [0.717, 1.165) is 4.47 Å². The minimum absolute atomic E-state index is 0.248. The van der Waals surface area contributed by atoms with Gasteiger partial charge in [0, 0.05) is 4.47 Å². The molecule has 16 heavy (non-hydrogen) atoms. The zero-order valence-corrected chi connectivity index (χ0v) is 11.1. The van der Waals surface area contributed by atoms with Crippen LogP contribution in [0.4, 0.5) is 0 Å². The predicted octanol–water partition coefficient (Wildman–Crippen LogP) is 3.24. The number of amides is 1. The van der Waals surface area contributed by atoms with Crippen LogP contribution in [-0.4, -0.2) is 11.9 Å². The molecule has 0 aliphatic carbocycles. The summed E-state index contributed by atoms with van der Waals surface area (Å²) in [5.41, 5.74) is 0.429. The van der Waals surface area contributed by atoms with Crippen molar-refractivity contribution in [1.29, 1.82) is 0 Å². The van der Waals surface area contributed by atoms with Crippen molar-refractivity contribution in [3.63, 3.8) is 0 Å². The Hall–Kier alpha value is -0.980. The van der Waals surface area contributed by atoms with E-state index in [-0.39, 0.29) is 11.9 Å². The average molecular weight is 301 g/mol. The normalized spacial score (nSPS) is 11.6. The summed E-state index contributed by atoms with van der Waals surface area (Å²) in [6, 6.07) is 4.84. The van der Waals surface area contributed by atoms with Gasteiger partial charge >= 0.3 is 0 Å². The molecule has 0 aliphatic heterocycles. The second-order valence-corrected chi connectivity index (χ2v) is 4.55. The first kappa shape index (κ1) is 13.1. The second-order valence-electron chi connectivity index (χ2n) is 3.23. The van der Waals surface area contributed by atoms with E-state index in [1.165, 1.54) is 0 Å². The Labute approximate surface area is 109 Å². The number of terminal acetylenes is 1. The lowest BCUT2D eigenvalue weighted by Gasteiger charge is -2.11.